The van der Waals surface area contributed by atoms with Crippen LogP contribution in [-0.2, 0) is 12.8 Å². The molecule has 0 aliphatic carbocycles. The summed E-state index contributed by atoms with van der Waals surface area (Å²) in [6, 6.07) is 15.8. The van der Waals surface area contributed by atoms with Crippen LogP contribution in [0.5, 0.6) is 0 Å². The summed E-state index contributed by atoms with van der Waals surface area (Å²) in [4.78, 5) is 0. The van der Waals surface area contributed by atoms with Crippen LogP contribution in [0.3, 0.4) is 0 Å². The molecule has 1 nitrogen and oxygen atoms in total. The monoisotopic (exact) mass is 251 g/mol. The molecule has 1 heteroatoms. The second-order valence-electron chi connectivity index (χ2n) is 5.35. The van der Waals surface area contributed by atoms with Crippen LogP contribution in [0.25, 0.3) is 11.1 Å². The summed E-state index contributed by atoms with van der Waals surface area (Å²) in [5.41, 5.74) is 6.92. The molecule has 0 saturated heterocycles. The van der Waals surface area contributed by atoms with Gasteiger partial charge >= 0.3 is 0 Å². The van der Waals surface area contributed by atoms with Gasteiger partial charge in [0.1, 0.15) is 0 Å². The topological polar surface area (TPSA) is 12.0 Å². The van der Waals surface area contributed by atoms with Gasteiger partial charge in [0.05, 0.1) is 0 Å². The van der Waals surface area contributed by atoms with E-state index in [4.69, 9.17) is 0 Å². The fraction of sp³-hybridized carbons (Fsp3) is 0.333. The van der Waals surface area contributed by atoms with Gasteiger partial charge in [0.25, 0.3) is 0 Å². The largest absolute Gasteiger partial charge is 0.385 e. The summed E-state index contributed by atoms with van der Waals surface area (Å²) in [7, 11) is 0. The zero-order valence-electron chi connectivity index (χ0n) is 11.6. The van der Waals surface area contributed by atoms with E-state index in [1.54, 1.807) is 0 Å². The Morgan fingerprint density at radius 2 is 1.95 bits per heavy atom. The molecule has 0 amide bonds. The van der Waals surface area contributed by atoms with Crippen LogP contribution in [0, 0.1) is 0 Å². The van der Waals surface area contributed by atoms with Gasteiger partial charge in [-0.25, -0.2) is 0 Å². The smallest absolute Gasteiger partial charge is 0.0373 e. The first kappa shape index (κ1) is 12.3. The Labute approximate surface area is 115 Å². The summed E-state index contributed by atoms with van der Waals surface area (Å²) < 4.78 is 0. The number of fused-ring (bicyclic) bond motifs is 1. The molecule has 98 valence electrons. The number of aryl methyl sites for hydroxylation is 2. The molecule has 1 N–H and O–H groups in total. The minimum absolute atomic E-state index is 1.11. The quantitative estimate of drug-likeness (QED) is 0.836. The van der Waals surface area contributed by atoms with Crippen molar-refractivity contribution < 1.29 is 0 Å². The molecule has 0 unspecified atom stereocenters. The maximum atomic E-state index is 3.47. The van der Waals surface area contributed by atoms with Gasteiger partial charge in [0.2, 0.25) is 0 Å². The number of hydrogen-bond acceptors (Lipinski definition) is 1. The van der Waals surface area contributed by atoms with Gasteiger partial charge in [-0.05, 0) is 53.6 Å². The van der Waals surface area contributed by atoms with Crippen molar-refractivity contribution in [1.82, 2.24) is 0 Å². The van der Waals surface area contributed by atoms with Gasteiger partial charge < -0.3 is 5.32 Å². The Kier molecular flexibility index (Phi) is 3.54. The molecule has 19 heavy (non-hydrogen) atoms. The van der Waals surface area contributed by atoms with E-state index in [2.05, 4.69) is 54.7 Å². The van der Waals surface area contributed by atoms with Crippen LogP contribution in [-0.4, -0.2) is 6.54 Å². The lowest BCUT2D eigenvalue weighted by molar-refractivity contribution is 0.830. The summed E-state index contributed by atoms with van der Waals surface area (Å²) in [5, 5.41) is 3.47. The third-order valence-corrected chi connectivity index (χ3v) is 3.84. The first-order valence-corrected chi connectivity index (χ1v) is 7.33. The van der Waals surface area contributed by atoms with Crippen LogP contribution in [0.15, 0.2) is 42.5 Å². The van der Waals surface area contributed by atoms with Crippen LogP contribution in [0.1, 0.15) is 30.9 Å². The number of rotatable bonds is 3. The van der Waals surface area contributed by atoms with E-state index in [-0.39, 0.29) is 0 Å². The lowest BCUT2D eigenvalue weighted by Gasteiger charge is -2.18. The summed E-state index contributed by atoms with van der Waals surface area (Å²) in [5.74, 6) is 0. The Bertz CT molecular complexity index is 572. The Morgan fingerprint density at radius 3 is 2.84 bits per heavy atom. The molecule has 1 heterocycles. The van der Waals surface area contributed by atoms with E-state index >= 15 is 0 Å². The number of anilines is 1. The normalized spacial score (nSPS) is 13.7. The maximum Gasteiger partial charge on any atom is 0.0373 e. The van der Waals surface area contributed by atoms with Crippen LogP contribution in [0.4, 0.5) is 5.69 Å². The average molecular weight is 251 g/mol. The van der Waals surface area contributed by atoms with Crippen molar-refractivity contribution in [3.8, 4) is 11.1 Å². The molecule has 2 aromatic rings. The molecular formula is C18H21N. The molecule has 0 radical (unpaired) electrons. The first-order valence-electron chi connectivity index (χ1n) is 7.33. The van der Waals surface area contributed by atoms with Crippen molar-refractivity contribution in [2.75, 3.05) is 11.9 Å². The molecule has 0 fully saturated rings. The van der Waals surface area contributed by atoms with Gasteiger partial charge in [-0.3, -0.25) is 0 Å². The minimum Gasteiger partial charge on any atom is -0.385 e. The highest BCUT2D eigenvalue weighted by Gasteiger charge is 2.09. The third-order valence-electron chi connectivity index (χ3n) is 3.84. The fourth-order valence-corrected chi connectivity index (χ4v) is 2.85. The Morgan fingerprint density at radius 1 is 1.05 bits per heavy atom. The van der Waals surface area contributed by atoms with Crippen LogP contribution in [0.2, 0.25) is 0 Å². The highest BCUT2D eigenvalue weighted by Crippen LogP contribution is 2.28. The number of nitrogens with one attached hydrogen (secondary N) is 1. The summed E-state index contributed by atoms with van der Waals surface area (Å²) in [6.45, 7) is 3.34. The van der Waals surface area contributed by atoms with Gasteiger partial charge in [0.15, 0.2) is 0 Å². The average Bonchev–Trinajstić information content (AvgIpc) is 2.47. The van der Waals surface area contributed by atoms with E-state index < -0.39 is 0 Å². The Hall–Kier alpha value is -1.76. The first-order chi connectivity index (χ1) is 9.36. The van der Waals surface area contributed by atoms with Crippen molar-refractivity contribution in [3.05, 3.63) is 53.6 Å². The van der Waals surface area contributed by atoms with Crippen molar-refractivity contribution in [3.63, 3.8) is 0 Å². The van der Waals surface area contributed by atoms with E-state index in [0.717, 1.165) is 6.54 Å². The fourth-order valence-electron chi connectivity index (χ4n) is 2.85. The van der Waals surface area contributed by atoms with E-state index in [1.807, 2.05) is 0 Å². The SMILES string of the molecule is CCCc1cccc(-c2ccc3c(c2)CCCN3)c1. The molecule has 0 spiro atoms. The second kappa shape index (κ2) is 5.48. The summed E-state index contributed by atoms with van der Waals surface area (Å²) in [6.07, 6.45) is 4.81. The zero-order chi connectivity index (χ0) is 13.1. The second-order valence-corrected chi connectivity index (χ2v) is 5.35. The molecule has 2 aromatic carbocycles. The molecule has 1 aliphatic rings. The van der Waals surface area contributed by atoms with Gasteiger partial charge in [-0.1, -0.05) is 43.7 Å². The highest BCUT2D eigenvalue weighted by molar-refractivity contribution is 5.69. The van der Waals surface area contributed by atoms with Gasteiger partial charge in [-0.15, -0.1) is 0 Å². The van der Waals surface area contributed by atoms with Crippen molar-refractivity contribution in [2.24, 2.45) is 0 Å². The minimum atomic E-state index is 1.11. The molecular weight excluding hydrogens is 230 g/mol. The van der Waals surface area contributed by atoms with Gasteiger partial charge in [0, 0.05) is 12.2 Å². The van der Waals surface area contributed by atoms with Gasteiger partial charge in [-0.2, -0.15) is 0 Å². The maximum absolute atomic E-state index is 3.47. The predicted octanol–water partition coefficient (Wildman–Crippen LogP) is 4.66. The van der Waals surface area contributed by atoms with E-state index in [9.17, 15) is 0 Å². The molecule has 1 aliphatic heterocycles. The molecule has 0 aromatic heterocycles. The zero-order valence-corrected chi connectivity index (χ0v) is 11.6. The lowest BCUT2D eigenvalue weighted by Crippen LogP contribution is -2.11. The van der Waals surface area contributed by atoms with E-state index in [0.29, 0.717) is 0 Å². The van der Waals surface area contributed by atoms with Crippen molar-refractivity contribution >= 4 is 5.69 Å². The lowest BCUT2D eigenvalue weighted by atomic mass is 9.96. The molecule has 0 atom stereocenters. The summed E-state index contributed by atoms with van der Waals surface area (Å²) >= 11 is 0. The molecule has 0 bridgehead atoms. The number of hydrogen-bond donors (Lipinski definition) is 1. The van der Waals surface area contributed by atoms with Crippen molar-refractivity contribution in [1.29, 1.82) is 0 Å². The number of benzene rings is 2. The predicted molar refractivity (Wildman–Crippen MR) is 82.7 cm³/mol. The molecule has 3 rings (SSSR count). The van der Waals surface area contributed by atoms with Crippen LogP contribution >= 0.6 is 0 Å². The Balaban J connectivity index is 1.95. The molecule has 0 saturated carbocycles. The standard InChI is InChI=1S/C18H21N/c1-2-5-14-6-3-7-15(12-14)16-9-10-18-17(13-16)8-4-11-19-18/h3,6-7,9-10,12-13,19H,2,4-5,8,11H2,1H3. The van der Waals surface area contributed by atoms with Crippen LogP contribution < -0.4 is 5.32 Å². The highest BCUT2D eigenvalue weighted by atomic mass is 14.9. The van der Waals surface area contributed by atoms with Crippen molar-refractivity contribution in [2.45, 2.75) is 32.6 Å². The third kappa shape index (κ3) is 2.65. The van der Waals surface area contributed by atoms with E-state index in [1.165, 1.54) is 53.6 Å².